The van der Waals surface area contributed by atoms with Gasteiger partial charge in [0.2, 0.25) is 5.16 Å². The van der Waals surface area contributed by atoms with Gasteiger partial charge in [-0.25, -0.2) is 13.4 Å². The number of aromatic amines is 1. The molecule has 1 fully saturated rings. The Morgan fingerprint density at radius 2 is 2.20 bits per heavy atom. The fraction of sp³-hybridized carbons (Fsp3) is 0.462. The van der Waals surface area contributed by atoms with Gasteiger partial charge in [-0.3, -0.25) is 0 Å². The SMILES string of the molecule is CN[C@H]1CCCN(S(=O)(=O)c2nc3ccccc3[nH]2)C1. The predicted octanol–water partition coefficient (Wildman–Crippen LogP) is 0.935. The Balaban J connectivity index is 1.94. The third-order valence-electron chi connectivity index (χ3n) is 3.74. The van der Waals surface area contributed by atoms with Gasteiger partial charge >= 0.3 is 0 Å². The Morgan fingerprint density at radius 3 is 2.95 bits per heavy atom. The van der Waals surface area contributed by atoms with E-state index < -0.39 is 10.0 Å². The van der Waals surface area contributed by atoms with E-state index in [0.29, 0.717) is 18.6 Å². The molecule has 6 nitrogen and oxygen atoms in total. The van der Waals surface area contributed by atoms with Crippen LogP contribution in [0.5, 0.6) is 0 Å². The van der Waals surface area contributed by atoms with Crippen LogP contribution in [0.25, 0.3) is 11.0 Å². The smallest absolute Gasteiger partial charge is 0.276 e. The average Bonchev–Trinajstić information content (AvgIpc) is 2.92. The summed E-state index contributed by atoms with van der Waals surface area (Å²) in [6.45, 7) is 1.05. The molecule has 7 heteroatoms. The summed E-state index contributed by atoms with van der Waals surface area (Å²) in [6.07, 6.45) is 1.87. The van der Waals surface area contributed by atoms with Crippen molar-refractivity contribution in [3.63, 3.8) is 0 Å². The molecule has 0 bridgehead atoms. The number of H-pyrrole nitrogens is 1. The zero-order valence-corrected chi connectivity index (χ0v) is 12.2. The normalized spacial score (nSPS) is 21.4. The topological polar surface area (TPSA) is 78.1 Å². The zero-order chi connectivity index (χ0) is 14.2. The van der Waals surface area contributed by atoms with Crippen LogP contribution in [-0.4, -0.2) is 48.9 Å². The van der Waals surface area contributed by atoms with E-state index in [1.165, 1.54) is 4.31 Å². The molecule has 0 unspecified atom stereocenters. The van der Waals surface area contributed by atoms with E-state index in [2.05, 4.69) is 15.3 Å². The molecule has 0 spiro atoms. The largest absolute Gasteiger partial charge is 0.328 e. The second kappa shape index (κ2) is 5.16. The third-order valence-corrected chi connectivity index (χ3v) is 5.44. The molecule has 1 atom stereocenters. The summed E-state index contributed by atoms with van der Waals surface area (Å²) in [7, 11) is -1.68. The van der Waals surface area contributed by atoms with Crippen molar-refractivity contribution >= 4 is 21.1 Å². The monoisotopic (exact) mass is 294 g/mol. The number of nitrogens with zero attached hydrogens (tertiary/aromatic N) is 2. The Morgan fingerprint density at radius 1 is 1.40 bits per heavy atom. The van der Waals surface area contributed by atoms with E-state index >= 15 is 0 Å². The van der Waals surface area contributed by atoms with E-state index in [1.54, 1.807) is 6.07 Å². The lowest BCUT2D eigenvalue weighted by atomic mass is 10.1. The maximum Gasteiger partial charge on any atom is 0.276 e. The highest BCUT2D eigenvalue weighted by Crippen LogP contribution is 2.21. The molecule has 108 valence electrons. The lowest BCUT2D eigenvalue weighted by Gasteiger charge is -2.30. The Labute approximate surface area is 118 Å². The number of likely N-dealkylation sites (N-methyl/N-ethyl adjacent to an activating group) is 1. The summed E-state index contributed by atoms with van der Waals surface area (Å²) in [6, 6.07) is 7.54. The minimum absolute atomic E-state index is 0.0375. The van der Waals surface area contributed by atoms with Crippen LogP contribution in [0.2, 0.25) is 0 Å². The predicted molar refractivity (Wildman–Crippen MR) is 76.9 cm³/mol. The molecule has 1 aromatic carbocycles. The van der Waals surface area contributed by atoms with Gasteiger partial charge in [0, 0.05) is 19.1 Å². The number of rotatable bonds is 3. The number of aromatic nitrogens is 2. The molecule has 20 heavy (non-hydrogen) atoms. The fourth-order valence-electron chi connectivity index (χ4n) is 2.57. The first-order valence-electron chi connectivity index (χ1n) is 6.73. The van der Waals surface area contributed by atoms with Crippen molar-refractivity contribution < 1.29 is 8.42 Å². The lowest BCUT2D eigenvalue weighted by molar-refractivity contribution is 0.291. The van der Waals surface area contributed by atoms with Crippen molar-refractivity contribution in [3.05, 3.63) is 24.3 Å². The summed E-state index contributed by atoms with van der Waals surface area (Å²) in [5.41, 5.74) is 1.42. The van der Waals surface area contributed by atoms with E-state index in [0.717, 1.165) is 18.4 Å². The van der Waals surface area contributed by atoms with Gasteiger partial charge in [-0.2, -0.15) is 4.31 Å². The van der Waals surface area contributed by atoms with Crippen LogP contribution >= 0.6 is 0 Å². The molecule has 1 aliphatic rings. The number of imidazole rings is 1. The first-order chi connectivity index (χ1) is 9.61. The van der Waals surface area contributed by atoms with Gasteiger partial charge in [-0.1, -0.05) is 12.1 Å². The standard InChI is InChI=1S/C13H18N4O2S/c1-14-10-5-4-8-17(9-10)20(18,19)13-15-11-6-2-3-7-12(11)16-13/h2-3,6-7,10,14H,4-5,8-9H2,1H3,(H,15,16)/t10-/m0/s1. The van der Waals surface area contributed by atoms with Crippen molar-refractivity contribution in [2.75, 3.05) is 20.1 Å². The van der Waals surface area contributed by atoms with Crippen LogP contribution in [0, 0.1) is 0 Å². The summed E-state index contributed by atoms with van der Waals surface area (Å²) in [5.74, 6) is 0. The maximum atomic E-state index is 12.6. The molecule has 3 rings (SSSR count). The second-order valence-corrected chi connectivity index (χ2v) is 6.90. The zero-order valence-electron chi connectivity index (χ0n) is 11.3. The average molecular weight is 294 g/mol. The summed E-state index contributed by atoms with van der Waals surface area (Å²) in [4.78, 5) is 7.11. The number of hydrogen-bond acceptors (Lipinski definition) is 4. The molecule has 0 amide bonds. The van der Waals surface area contributed by atoms with Crippen LogP contribution in [0.4, 0.5) is 0 Å². The number of sulfonamides is 1. The molecule has 2 N–H and O–H groups in total. The molecule has 2 heterocycles. The van der Waals surface area contributed by atoms with Crippen molar-refractivity contribution in [2.45, 2.75) is 24.0 Å². The fourth-order valence-corrected chi connectivity index (χ4v) is 4.01. The molecular formula is C13H18N4O2S. The van der Waals surface area contributed by atoms with E-state index in [4.69, 9.17) is 0 Å². The summed E-state index contributed by atoms with van der Waals surface area (Å²) >= 11 is 0. The highest BCUT2D eigenvalue weighted by Gasteiger charge is 2.31. The number of fused-ring (bicyclic) bond motifs is 1. The molecule has 1 saturated heterocycles. The highest BCUT2D eigenvalue weighted by atomic mass is 32.2. The third kappa shape index (κ3) is 2.32. The van der Waals surface area contributed by atoms with Crippen LogP contribution in [0.1, 0.15) is 12.8 Å². The van der Waals surface area contributed by atoms with Gasteiger partial charge < -0.3 is 10.3 Å². The Bertz CT molecular complexity index is 677. The molecule has 0 radical (unpaired) electrons. The van der Waals surface area contributed by atoms with Crippen molar-refractivity contribution in [3.8, 4) is 0 Å². The van der Waals surface area contributed by atoms with Gasteiger partial charge in [0.05, 0.1) is 11.0 Å². The van der Waals surface area contributed by atoms with Crippen LogP contribution in [-0.2, 0) is 10.0 Å². The van der Waals surface area contributed by atoms with Crippen LogP contribution < -0.4 is 5.32 Å². The van der Waals surface area contributed by atoms with Gasteiger partial charge in [0.1, 0.15) is 0 Å². The Hall–Kier alpha value is -1.44. The highest BCUT2D eigenvalue weighted by molar-refractivity contribution is 7.89. The van der Waals surface area contributed by atoms with Gasteiger partial charge in [-0.15, -0.1) is 0 Å². The van der Waals surface area contributed by atoms with Crippen molar-refractivity contribution in [2.24, 2.45) is 0 Å². The van der Waals surface area contributed by atoms with Crippen LogP contribution in [0.3, 0.4) is 0 Å². The van der Waals surface area contributed by atoms with Gasteiger partial charge in [-0.05, 0) is 32.0 Å². The second-order valence-electron chi connectivity index (χ2n) is 5.05. The minimum atomic E-state index is -3.54. The van der Waals surface area contributed by atoms with E-state index in [-0.39, 0.29) is 11.2 Å². The summed E-state index contributed by atoms with van der Waals surface area (Å²) < 4.78 is 26.8. The van der Waals surface area contributed by atoms with Gasteiger partial charge in [0.15, 0.2) is 0 Å². The lowest BCUT2D eigenvalue weighted by Crippen LogP contribution is -2.47. The number of piperidine rings is 1. The first-order valence-corrected chi connectivity index (χ1v) is 8.17. The number of hydrogen-bond donors (Lipinski definition) is 2. The van der Waals surface area contributed by atoms with Gasteiger partial charge in [0.25, 0.3) is 10.0 Å². The van der Waals surface area contributed by atoms with Crippen molar-refractivity contribution in [1.29, 1.82) is 0 Å². The quantitative estimate of drug-likeness (QED) is 0.883. The van der Waals surface area contributed by atoms with Crippen LogP contribution in [0.15, 0.2) is 29.4 Å². The number of para-hydroxylation sites is 2. The molecule has 0 aliphatic carbocycles. The maximum absolute atomic E-state index is 12.6. The van der Waals surface area contributed by atoms with Crippen molar-refractivity contribution in [1.82, 2.24) is 19.6 Å². The molecule has 1 aromatic heterocycles. The molecule has 1 aliphatic heterocycles. The number of benzene rings is 1. The van der Waals surface area contributed by atoms with E-state index in [9.17, 15) is 8.42 Å². The van der Waals surface area contributed by atoms with E-state index in [1.807, 2.05) is 25.2 Å². The summed E-state index contributed by atoms with van der Waals surface area (Å²) in [5, 5.41) is 3.18. The molecule has 0 saturated carbocycles. The Kier molecular flexibility index (Phi) is 3.49. The minimum Gasteiger partial charge on any atom is -0.328 e. The first kappa shape index (κ1) is 13.5. The molecular weight excluding hydrogens is 276 g/mol. The number of nitrogens with one attached hydrogen (secondary N) is 2. The molecule has 2 aromatic rings.